The van der Waals surface area contributed by atoms with Crippen LogP contribution in [0.3, 0.4) is 0 Å². The predicted molar refractivity (Wildman–Crippen MR) is 59.1 cm³/mol. The molecule has 1 aromatic rings. The Labute approximate surface area is 95.3 Å². The molecule has 5 heteroatoms. The fourth-order valence-corrected chi connectivity index (χ4v) is 2.18. The fourth-order valence-electron chi connectivity index (χ4n) is 2.18. The lowest BCUT2D eigenvalue weighted by Gasteiger charge is -2.23. The zero-order chi connectivity index (χ0) is 11.4. The molecule has 0 spiro atoms. The molecule has 0 amide bonds. The maximum absolute atomic E-state index is 5.94. The molecule has 1 aromatic heterocycles. The van der Waals surface area contributed by atoms with E-state index in [-0.39, 0.29) is 6.04 Å². The van der Waals surface area contributed by atoms with Crippen LogP contribution in [0.25, 0.3) is 0 Å². The summed E-state index contributed by atoms with van der Waals surface area (Å²) in [5.74, 6) is 1.84. The van der Waals surface area contributed by atoms with Crippen LogP contribution in [-0.2, 0) is 11.2 Å². The molecule has 1 aliphatic carbocycles. The summed E-state index contributed by atoms with van der Waals surface area (Å²) in [5.41, 5.74) is 5.94. The van der Waals surface area contributed by atoms with Gasteiger partial charge in [0, 0.05) is 25.5 Å². The highest BCUT2D eigenvalue weighted by atomic mass is 16.5. The SMILES string of the molecule is COCCc1noc(C2CCCC(N)C2)n1. The van der Waals surface area contributed by atoms with Gasteiger partial charge >= 0.3 is 0 Å². The lowest BCUT2D eigenvalue weighted by atomic mass is 9.86. The number of ether oxygens (including phenoxy) is 1. The van der Waals surface area contributed by atoms with E-state index in [9.17, 15) is 0 Å². The molecule has 0 aromatic carbocycles. The number of aromatic nitrogens is 2. The minimum absolute atomic E-state index is 0.285. The van der Waals surface area contributed by atoms with Gasteiger partial charge in [0.05, 0.1) is 6.61 Å². The van der Waals surface area contributed by atoms with E-state index in [1.54, 1.807) is 7.11 Å². The molecule has 1 heterocycles. The molecule has 1 saturated carbocycles. The Hall–Kier alpha value is -0.940. The quantitative estimate of drug-likeness (QED) is 0.834. The molecule has 1 aliphatic rings. The lowest BCUT2D eigenvalue weighted by molar-refractivity contribution is 0.199. The van der Waals surface area contributed by atoms with Crippen molar-refractivity contribution in [2.75, 3.05) is 13.7 Å². The molecule has 2 unspecified atom stereocenters. The summed E-state index contributed by atoms with van der Waals surface area (Å²) >= 11 is 0. The number of hydrogen-bond acceptors (Lipinski definition) is 5. The van der Waals surface area contributed by atoms with Crippen molar-refractivity contribution in [2.24, 2.45) is 5.73 Å². The van der Waals surface area contributed by atoms with Gasteiger partial charge in [-0.25, -0.2) is 0 Å². The number of rotatable bonds is 4. The van der Waals surface area contributed by atoms with Crippen molar-refractivity contribution in [1.29, 1.82) is 0 Å². The molecule has 16 heavy (non-hydrogen) atoms. The number of hydrogen-bond donors (Lipinski definition) is 1. The average Bonchev–Trinajstić information content (AvgIpc) is 2.75. The number of methoxy groups -OCH3 is 1. The molecule has 90 valence electrons. The Morgan fingerprint density at radius 3 is 3.12 bits per heavy atom. The van der Waals surface area contributed by atoms with E-state index < -0.39 is 0 Å². The minimum Gasteiger partial charge on any atom is -0.384 e. The summed E-state index contributed by atoms with van der Waals surface area (Å²) in [6.45, 7) is 0.628. The van der Waals surface area contributed by atoms with Crippen molar-refractivity contribution in [3.8, 4) is 0 Å². The highest BCUT2D eigenvalue weighted by Crippen LogP contribution is 2.30. The lowest BCUT2D eigenvalue weighted by Crippen LogP contribution is -2.26. The van der Waals surface area contributed by atoms with Gasteiger partial charge in [0.2, 0.25) is 5.89 Å². The van der Waals surface area contributed by atoms with E-state index in [4.69, 9.17) is 15.0 Å². The molecule has 0 bridgehead atoms. The molecule has 0 radical (unpaired) electrons. The van der Waals surface area contributed by atoms with Gasteiger partial charge in [0.15, 0.2) is 5.82 Å². The monoisotopic (exact) mass is 225 g/mol. The van der Waals surface area contributed by atoms with Crippen molar-refractivity contribution in [2.45, 2.75) is 44.1 Å². The zero-order valence-electron chi connectivity index (χ0n) is 9.69. The topological polar surface area (TPSA) is 74.2 Å². The van der Waals surface area contributed by atoms with Crippen LogP contribution in [0.4, 0.5) is 0 Å². The summed E-state index contributed by atoms with van der Waals surface area (Å²) in [5, 5.41) is 3.95. The smallest absolute Gasteiger partial charge is 0.229 e. The second-order valence-corrected chi connectivity index (χ2v) is 4.42. The number of nitrogens with zero attached hydrogens (tertiary/aromatic N) is 2. The third kappa shape index (κ3) is 2.80. The first-order valence-electron chi connectivity index (χ1n) is 5.86. The van der Waals surface area contributed by atoms with Crippen LogP contribution in [0.2, 0.25) is 0 Å². The van der Waals surface area contributed by atoms with Crippen LogP contribution in [-0.4, -0.2) is 29.9 Å². The first-order valence-corrected chi connectivity index (χ1v) is 5.86. The Bertz CT molecular complexity index is 327. The van der Waals surface area contributed by atoms with E-state index in [0.717, 1.165) is 37.4 Å². The Morgan fingerprint density at radius 2 is 2.38 bits per heavy atom. The fraction of sp³-hybridized carbons (Fsp3) is 0.818. The Morgan fingerprint density at radius 1 is 1.50 bits per heavy atom. The van der Waals surface area contributed by atoms with Crippen molar-refractivity contribution < 1.29 is 9.26 Å². The van der Waals surface area contributed by atoms with Crippen molar-refractivity contribution >= 4 is 0 Å². The van der Waals surface area contributed by atoms with Gasteiger partial charge in [-0.2, -0.15) is 4.98 Å². The van der Waals surface area contributed by atoms with Gasteiger partial charge in [0.25, 0.3) is 0 Å². The molecule has 2 rings (SSSR count). The van der Waals surface area contributed by atoms with Crippen LogP contribution in [0, 0.1) is 0 Å². The summed E-state index contributed by atoms with van der Waals surface area (Å²) in [7, 11) is 1.67. The van der Waals surface area contributed by atoms with Gasteiger partial charge < -0.3 is 15.0 Å². The first kappa shape index (κ1) is 11.5. The van der Waals surface area contributed by atoms with Gasteiger partial charge in [-0.05, 0) is 19.3 Å². The normalized spacial score (nSPS) is 25.9. The second kappa shape index (κ2) is 5.41. The molecule has 5 nitrogen and oxygen atoms in total. The summed E-state index contributed by atoms with van der Waals surface area (Å²) in [6.07, 6.45) is 5.05. The van der Waals surface area contributed by atoms with Crippen molar-refractivity contribution in [1.82, 2.24) is 10.1 Å². The Balaban J connectivity index is 1.95. The highest BCUT2D eigenvalue weighted by molar-refractivity contribution is 4.97. The predicted octanol–water partition coefficient (Wildman–Crippen LogP) is 1.24. The van der Waals surface area contributed by atoms with Gasteiger partial charge in [-0.1, -0.05) is 11.6 Å². The Kier molecular flexibility index (Phi) is 3.90. The summed E-state index contributed by atoms with van der Waals surface area (Å²) in [4.78, 5) is 4.39. The molecule has 0 aliphatic heterocycles. The standard InChI is InChI=1S/C11H19N3O2/c1-15-6-5-10-13-11(16-14-10)8-3-2-4-9(12)7-8/h8-9H,2-7,12H2,1H3. The summed E-state index contributed by atoms with van der Waals surface area (Å²) < 4.78 is 10.3. The molecule has 0 saturated heterocycles. The molecule has 2 atom stereocenters. The van der Waals surface area contributed by atoms with Crippen molar-refractivity contribution in [3.05, 3.63) is 11.7 Å². The second-order valence-electron chi connectivity index (χ2n) is 4.42. The van der Waals surface area contributed by atoms with Crippen LogP contribution in [0.5, 0.6) is 0 Å². The van der Waals surface area contributed by atoms with E-state index in [0.29, 0.717) is 18.9 Å². The van der Waals surface area contributed by atoms with Crippen LogP contribution in [0.1, 0.15) is 43.3 Å². The van der Waals surface area contributed by atoms with Crippen LogP contribution >= 0.6 is 0 Å². The molecular weight excluding hydrogens is 206 g/mol. The van der Waals surface area contributed by atoms with Gasteiger partial charge in [-0.15, -0.1) is 0 Å². The third-order valence-electron chi connectivity index (χ3n) is 3.08. The van der Waals surface area contributed by atoms with Gasteiger partial charge in [0.1, 0.15) is 0 Å². The van der Waals surface area contributed by atoms with E-state index in [1.807, 2.05) is 0 Å². The minimum atomic E-state index is 0.285. The van der Waals surface area contributed by atoms with E-state index in [2.05, 4.69) is 10.1 Å². The third-order valence-corrected chi connectivity index (χ3v) is 3.08. The molecule has 1 fully saturated rings. The average molecular weight is 225 g/mol. The van der Waals surface area contributed by atoms with Crippen LogP contribution < -0.4 is 5.73 Å². The van der Waals surface area contributed by atoms with Crippen LogP contribution in [0.15, 0.2) is 4.52 Å². The largest absolute Gasteiger partial charge is 0.384 e. The maximum Gasteiger partial charge on any atom is 0.229 e. The maximum atomic E-state index is 5.94. The number of nitrogens with two attached hydrogens (primary N) is 1. The zero-order valence-corrected chi connectivity index (χ0v) is 9.69. The highest BCUT2D eigenvalue weighted by Gasteiger charge is 2.25. The molecule has 2 N–H and O–H groups in total. The first-order chi connectivity index (χ1) is 7.79. The summed E-state index contributed by atoms with van der Waals surface area (Å²) in [6, 6.07) is 0.285. The molecular formula is C11H19N3O2. The van der Waals surface area contributed by atoms with Crippen molar-refractivity contribution in [3.63, 3.8) is 0 Å². The van der Waals surface area contributed by atoms with E-state index in [1.165, 1.54) is 0 Å². The van der Waals surface area contributed by atoms with E-state index >= 15 is 0 Å². The van der Waals surface area contributed by atoms with Gasteiger partial charge in [-0.3, -0.25) is 0 Å².